The molecule has 21 heavy (non-hydrogen) atoms. The normalized spacial score (nSPS) is 17.9. The summed E-state index contributed by atoms with van der Waals surface area (Å²) in [4.78, 5) is 4.32. The molecular formula is C14H15Cl2N3O2. The SMILES string of the molecule is OC1(c2nc(Cc3ccc(Cl)c(Cl)c3)no2)CCNCC1. The van der Waals surface area contributed by atoms with E-state index in [4.69, 9.17) is 27.7 Å². The third-order valence-corrected chi connectivity index (χ3v) is 4.38. The molecule has 1 saturated heterocycles. The van der Waals surface area contributed by atoms with E-state index < -0.39 is 5.60 Å². The monoisotopic (exact) mass is 327 g/mol. The predicted octanol–water partition coefficient (Wildman–Crippen LogP) is 2.54. The Balaban J connectivity index is 1.77. The molecule has 0 unspecified atom stereocenters. The second-order valence-corrected chi connectivity index (χ2v) is 6.04. The predicted molar refractivity (Wildman–Crippen MR) is 79.6 cm³/mol. The minimum Gasteiger partial charge on any atom is -0.380 e. The Kier molecular flexibility index (Phi) is 4.17. The molecule has 1 fully saturated rings. The van der Waals surface area contributed by atoms with E-state index in [-0.39, 0.29) is 0 Å². The number of benzene rings is 1. The average molecular weight is 328 g/mol. The van der Waals surface area contributed by atoms with E-state index in [1.807, 2.05) is 6.07 Å². The van der Waals surface area contributed by atoms with Crippen LogP contribution in [0.25, 0.3) is 0 Å². The molecule has 0 radical (unpaired) electrons. The van der Waals surface area contributed by atoms with Crippen molar-refractivity contribution in [2.24, 2.45) is 0 Å². The van der Waals surface area contributed by atoms with Crippen LogP contribution in [0.3, 0.4) is 0 Å². The molecule has 1 aromatic heterocycles. The number of hydrogen-bond donors (Lipinski definition) is 2. The van der Waals surface area contributed by atoms with E-state index in [0.717, 1.165) is 18.7 Å². The zero-order valence-electron chi connectivity index (χ0n) is 11.3. The first-order chi connectivity index (χ1) is 10.1. The van der Waals surface area contributed by atoms with Gasteiger partial charge in [0, 0.05) is 6.42 Å². The highest BCUT2D eigenvalue weighted by atomic mass is 35.5. The molecule has 0 spiro atoms. The van der Waals surface area contributed by atoms with Crippen molar-refractivity contribution in [1.82, 2.24) is 15.5 Å². The molecule has 0 bridgehead atoms. The smallest absolute Gasteiger partial charge is 0.258 e. The Morgan fingerprint density at radius 2 is 2.00 bits per heavy atom. The van der Waals surface area contributed by atoms with Crippen LogP contribution in [-0.2, 0) is 12.0 Å². The van der Waals surface area contributed by atoms with E-state index >= 15 is 0 Å². The molecule has 2 aromatic rings. The van der Waals surface area contributed by atoms with Crippen molar-refractivity contribution in [3.05, 3.63) is 45.5 Å². The number of piperidine rings is 1. The Labute approximate surface area is 132 Å². The number of nitrogens with one attached hydrogen (secondary N) is 1. The first-order valence-corrected chi connectivity index (χ1v) is 7.52. The number of halogens is 2. The lowest BCUT2D eigenvalue weighted by atomic mass is 9.92. The van der Waals surface area contributed by atoms with Gasteiger partial charge < -0.3 is 14.9 Å². The number of nitrogens with zero attached hydrogens (tertiary/aromatic N) is 2. The first-order valence-electron chi connectivity index (χ1n) is 6.77. The van der Waals surface area contributed by atoms with Crippen LogP contribution in [-0.4, -0.2) is 28.3 Å². The van der Waals surface area contributed by atoms with Gasteiger partial charge in [-0.3, -0.25) is 0 Å². The van der Waals surface area contributed by atoms with Gasteiger partial charge in [0.25, 0.3) is 5.89 Å². The zero-order chi connectivity index (χ0) is 14.9. The highest BCUT2D eigenvalue weighted by molar-refractivity contribution is 6.42. The van der Waals surface area contributed by atoms with Gasteiger partial charge in [-0.15, -0.1) is 0 Å². The fraction of sp³-hybridized carbons (Fsp3) is 0.429. The molecule has 5 nitrogen and oxygen atoms in total. The van der Waals surface area contributed by atoms with Crippen LogP contribution in [0, 0.1) is 0 Å². The van der Waals surface area contributed by atoms with E-state index in [9.17, 15) is 5.11 Å². The summed E-state index contributed by atoms with van der Waals surface area (Å²) in [6, 6.07) is 5.38. The van der Waals surface area contributed by atoms with Crippen molar-refractivity contribution in [3.63, 3.8) is 0 Å². The van der Waals surface area contributed by atoms with Gasteiger partial charge >= 0.3 is 0 Å². The summed E-state index contributed by atoms with van der Waals surface area (Å²) in [5, 5.41) is 18.7. The second kappa shape index (κ2) is 5.93. The van der Waals surface area contributed by atoms with Gasteiger partial charge in [-0.1, -0.05) is 34.4 Å². The number of rotatable bonds is 3. The van der Waals surface area contributed by atoms with Gasteiger partial charge in [-0.25, -0.2) is 0 Å². The Bertz CT molecular complexity index is 639. The maximum Gasteiger partial charge on any atom is 0.258 e. The number of aliphatic hydroxyl groups is 1. The maximum absolute atomic E-state index is 10.5. The minimum atomic E-state index is -1.02. The standard InChI is InChI=1S/C14H15Cl2N3O2/c15-10-2-1-9(7-11(10)16)8-12-18-13(21-19-12)14(20)3-5-17-6-4-14/h1-2,7,17,20H,3-6,8H2. The van der Waals surface area contributed by atoms with Crippen molar-refractivity contribution >= 4 is 23.2 Å². The molecule has 1 aromatic carbocycles. The quantitative estimate of drug-likeness (QED) is 0.906. The fourth-order valence-electron chi connectivity index (χ4n) is 2.40. The fourth-order valence-corrected chi connectivity index (χ4v) is 2.72. The van der Waals surface area contributed by atoms with E-state index in [2.05, 4.69) is 15.5 Å². The summed E-state index contributed by atoms with van der Waals surface area (Å²) in [6.07, 6.45) is 1.62. The summed E-state index contributed by atoms with van der Waals surface area (Å²) in [5.74, 6) is 0.814. The largest absolute Gasteiger partial charge is 0.380 e. The molecule has 0 aliphatic carbocycles. The summed E-state index contributed by atoms with van der Waals surface area (Å²) in [5.41, 5.74) is -0.0808. The maximum atomic E-state index is 10.5. The molecule has 2 N–H and O–H groups in total. The summed E-state index contributed by atoms with van der Waals surface area (Å²) >= 11 is 11.9. The minimum absolute atomic E-state index is 0.291. The lowest BCUT2D eigenvalue weighted by Crippen LogP contribution is -2.39. The summed E-state index contributed by atoms with van der Waals surface area (Å²) < 4.78 is 5.24. The summed E-state index contributed by atoms with van der Waals surface area (Å²) in [6.45, 7) is 1.47. The van der Waals surface area contributed by atoms with Crippen LogP contribution >= 0.6 is 23.2 Å². The molecule has 0 saturated carbocycles. The lowest BCUT2D eigenvalue weighted by Gasteiger charge is -2.28. The van der Waals surface area contributed by atoms with E-state index in [1.165, 1.54) is 0 Å². The van der Waals surface area contributed by atoms with E-state index in [0.29, 0.717) is 41.0 Å². The van der Waals surface area contributed by atoms with Crippen molar-refractivity contribution < 1.29 is 9.63 Å². The molecule has 0 amide bonds. The molecule has 2 heterocycles. The van der Waals surface area contributed by atoms with Crippen LogP contribution in [0.4, 0.5) is 0 Å². The Morgan fingerprint density at radius 1 is 1.24 bits per heavy atom. The Morgan fingerprint density at radius 3 is 2.71 bits per heavy atom. The molecule has 3 rings (SSSR count). The third kappa shape index (κ3) is 3.21. The zero-order valence-corrected chi connectivity index (χ0v) is 12.8. The lowest BCUT2D eigenvalue weighted by molar-refractivity contribution is -0.0228. The molecule has 1 aliphatic rings. The van der Waals surface area contributed by atoms with Gasteiger partial charge in [-0.05, 0) is 43.6 Å². The van der Waals surface area contributed by atoms with Gasteiger partial charge in [0.05, 0.1) is 10.0 Å². The van der Waals surface area contributed by atoms with Crippen LogP contribution in [0.2, 0.25) is 10.0 Å². The van der Waals surface area contributed by atoms with Crippen molar-refractivity contribution in [2.45, 2.75) is 24.9 Å². The van der Waals surface area contributed by atoms with Crippen molar-refractivity contribution in [1.29, 1.82) is 0 Å². The first kappa shape index (κ1) is 14.8. The van der Waals surface area contributed by atoms with Gasteiger partial charge in [0.1, 0.15) is 5.60 Å². The number of aromatic nitrogens is 2. The highest BCUT2D eigenvalue weighted by Crippen LogP contribution is 2.29. The van der Waals surface area contributed by atoms with Crippen LogP contribution < -0.4 is 5.32 Å². The van der Waals surface area contributed by atoms with Crippen LogP contribution in [0.1, 0.15) is 30.1 Å². The van der Waals surface area contributed by atoms with Crippen molar-refractivity contribution in [3.8, 4) is 0 Å². The average Bonchev–Trinajstić information content (AvgIpc) is 2.93. The van der Waals surface area contributed by atoms with Crippen LogP contribution in [0.5, 0.6) is 0 Å². The van der Waals surface area contributed by atoms with Crippen molar-refractivity contribution in [2.75, 3.05) is 13.1 Å². The van der Waals surface area contributed by atoms with Gasteiger partial charge in [-0.2, -0.15) is 4.98 Å². The van der Waals surface area contributed by atoms with Crippen LogP contribution in [0.15, 0.2) is 22.7 Å². The molecule has 0 atom stereocenters. The molecular weight excluding hydrogens is 313 g/mol. The van der Waals surface area contributed by atoms with Gasteiger partial charge in [0.2, 0.25) is 0 Å². The summed E-state index contributed by atoms with van der Waals surface area (Å²) in [7, 11) is 0. The highest BCUT2D eigenvalue weighted by Gasteiger charge is 2.36. The third-order valence-electron chi connectivity index (χ3n) is 3.64. The topological polar surface area (TPSA) is 71.2 Å². The molecule has 7 heteroatoms. The van der Waals surface area contributed by atoms with Gasteiger partial charge in [0.15, 0.2) is 5.82 Å². The molecule has 112 valence electrons. The second-order valence-electron chi connectivity index (χ2n) is 5.22. The molecule has 1 aliphatic heterocycles. The number of hydrogen-bond acceptors (Lipinski definition) is 5. The van der Waals surface area contributed by atoms with E-state index in [1.54, 1.807) is 12.1 Å². The Hall–Kier alpha value is -1.14.